The largest absolute Gasteiger partial charge is 0.481 e. The zero-order valence-corrected chi connectivity index (χ0v) is 14.0. The van der Waals surface area contributed by atoms with Gasteiger partial charge in [-0.05, 0) is 30.7 Å². The maximum Gasteiger partial charge on any atom is 0.308 e. The Kier molecular flexibility index (Phi) is 3.63. The quantitative estimate of drug-likeness (QED) is 0.923. The molecule has 6 heteroatoms. The fraction of sp³-hybridized carbons (Fsp3) is 0.421. The number of carbonyl (C=O) groups is 2. The summed E-state index contributed by atoms with van der Waals surface area (Å²) in [5.74, 6) is -1.14. The van der Waals surface area contributed by atoms with Crippen LogP contribution in [-0.2, 0) is 11.8 Å². The highest BCUT2D eigenvalue weighted by molar-refractivity contribution is 6.06. The van der Waals surface area contributed by atoms with Gasteiger partial charge in [0.15, 0.2) is 0 Å². The molecule has 2 aromatic rings. The Morgan fingerprint density at radius 2 is 1.88 bits per heavy atom. The second-order valence-corrected chi connectivity index (χ2v) is 7.13. The van der Waals surface area contributed by atoms with E-state index < -0.39 is 11.9 Å². The maximum absolute atomic E-state index is 13.1. The lowest BCUT2D eigenvalue weighted by atomic mass is 9.92. The van der Waals surface area contributed by atoms with E-state index in [4.69, 9.17) is 0 Å². The molecular formula is C19H20N2O4. The molecule has 4 rings (SSSR count). The van der Waals surface area contributed by atoms with Crippen LogP contribution >= 0.6 is 0 Å². The van der Waals surface area contributed by atoms with E-state index in [1.165, 1.54) is 10.6 Å². The van der Waals surface area contributed by atoms with Gasteiger partial charge >= 0.3 is 5.97 Å². The fourth-order valence-corrected chi connectivity index (χ4v) is 4.02. The number of carboxylic acid groups (broad SMARTS) is 1. The number of hydrogen-bond donors (Lipinski definition) is 1. The summed E-state index contributed by atoms with van der Waals surface area (Å²) in [7, 11) is 1.68. The van der Waals surface area contributed by atoms with Crippen molar-refractivity contribution in [3.05, 3.63) is 46.2 Å². The Morgan fingerprint density at radius 1 is 1.16 bits per heavy atom. The highest BCUT2D eigenvalue weighted by Crippen LogP contribution is 2.44. The van der Waals surface area contributed by atoms with Gasteiger partial charge in [0.25, 0.3) is 11.5 Å². The second-order valence-electron chi connectivity index (χ2n) is 7.13. The zero-order chi connectivity index (χ0) is 17.7. The minimum absolute atomic E-state index is 0.0271. The number of aliphatic carboxylic acids is 1. The SMILES string of the molecule is Cn1c(=O)cc(C(=O)N2C[C@@H](C(=O)O)[C@H](C3CC3)C2)c2ccccc21. The summed E-state index contributed by atoms with van der Waals surface area (Å²) < 4.78 is 1.52. The molecule has 1 saturated carbocycles. The molecule has 0 bridgehead atoms. The van der Waals surface area contributed by atoms with Crippen LogP contribution in [0.5, 0.6) is 0 Å². The van der Waals surface area contributed by atoms with E-state index in [2.05, 4.69) is 0 Å². The normalized spacial score (nSPS) is 23.2. The molecule has 2 fully saturated rings. The molecule has 2 atom stereocenters. The lowest BCUT2D eigenvalue weighted by Crippen LogP contribution is -2.31. The predicted octanol–water partition coefficient (Wildman–Crippen LogP) is 1.72. The molecule has 1 aromatic heterocycles. The number of pyridine rings is 1. The first-order valence-corrected chi connectivity index (χ1v) is 8.58. The van der Waals surface area contributed by atoms with Crippen LogP contribution in [-0.4, -0.2) is 39.5 Å². The van der Waals surface area contributed by atoms with Crippen LogP contribution < -0.4 is 5.56 Å². The monoisotopic (exact) mass is 340 g/mol. The van der Waals surface area contributed by atoms with Gasteiger partial charge in [0.2, 0.25) is 0 Å². The number of rotatable bonds is 3. The first kappa shape index (κ1) is 15.9. The maximum atomic E-state index is 13.1. The van der Waals surface area contributed by atoms with Crippen molar-refractivity contribution >= 4 is 22.8 Å². The van der Waals surface area contributed by atoms with Crippen molar-refractivity contribution in [3.8, 4) is 0 Å². The molecule has 0 radical (unpaired) electrons. The molecule has 1 amide bonds. The number of amides is 1. The average Bonchev–Trinajstić information content (AvgIpc) is 3.35. The molecule has 1 N–H and O–H groups in total. The van der Waals surface area contributed by atoms with Crippen molar-refractivity contribution in [2.45, 2.75) is 12.8 Å². The van der Waals surface area contributed by atoms with E-state index in [-0.39, 0.29) is 23.9 Å². The van der Waals surface area contributed by atoms with Crippen LogP contribution in [0, 0.1) is 17.8 Å². The lowest BCUT2D eigenvalue weighted by molar-refractivity contribution is -0.142. The molecule has 1 aromatic carbocycles. The van der Waals surface area contributed by atoms with Crippen LogP contribution in [0.1, 0.15) is 23.2 Å². The number of fused-ring (bicyclic) bond motifs is 1. The van der Waals surface area contributed by atoms with Gasteiger partial charge < -0.3 is 14.6 Å². The molecule has 1 aliphatic heterocycles. The van der Waals surface area contributed by atoms with E-state index >= 15 is 0 Å². The van der Waals surface area contributed by atoms with Crippen molar-refractivity contribution in [3.63, 3.8) is 0 Å². The Bertz CT molecular complexity index is 929. The third-order valence-corrected chi connectivity index (χ3v) is 5.58. The van der Waals surface area contributed by atoms with E-state index in [0.29, 0.717) is 23.5 Å². The number of carboxylic acids is 1. The lowest BCUT2D eigenvalue weighted by Gasteiger charge is -2.18. The summed E-state index contributed by atoms with van der Waals surface area (Å²) >= 11 is 0. The van der Waals surface area contributed by atoms with E-state index in [1.807, 2.05) is 24.3 Å². The number of para-hydroxylation sites is 1. The Morgan fingerprint density at radius 3 is 2.56 bits per heavy atom. The number of carbonyl (C=O) groups excluding carboxylic acids is 1. The molecule has 1 saturated heterocycles. The molecular weight excluding hydrogens is 320 g/mol. The van der Waals surface area contributed by atoms with Crippen molar-refractivity contribution < 1.29 is 14.7 Å². The van der Waals surface area contributed by atoms with E-state index in [9.17, 15) is 19.5 Å². The molecule has 130 valence electrons. The van der Waals surface area contributed by atoms with Gasteiger partial charge in [0.05, 0.1) is 17.0 Å². The first-order valence-electron chi connectivity index (χ1n) is 8.58. The molecule has 6 nitrogen and oxygen atoms in total. The average molecular weight is 340 g/mol. The van der Waals surface area contributed by atoms with Gasteiger partial charge in [0.1, 0.15) is 0 Å². The molecule has 2 heterocycles. The third kappa shape index (κ3) is 2.62. The third-order valence-electron chi connectivity index (χ3n) is 5.58. The van der Waals surface area contributed by atoms with Crippen LogP contribution in [0.2, 0.25) is 0 Å². The summed E-state index contributed by atoms with van der Waals surface area (Å²) in [6.45, 7) is 0.683. The Hall–Kier alpha value is -2.63. The number of aromatic nitrogens is 1. The second kappa shape index (κ2) is 5.72. The molecule has 0 unspecified atom stereocenters. The fourth-order valence-electron chi connectivity index (χ4n) is 4.02. The standard InChI is InChI=1S/C19H20N2O4/c1-20-16-5-3-2-4-12(16)13(8-17(20)22)18(23)21-9-14(11-6-7-11)15(10-21)19(24)25/h2-5,8,11,14-15H,6-7,9-10H2,1H3,(H,24,25)/t14-,15+/m0/s1. The highest BCUT2D eigenvalue weighted by atomic mass is 16.4. The van der Waals surface area contributed by atoms with Crippen LogP contribution in [0.4, 0.5) is 0 Å². The predicted molar refractivity (Wildman–Crippen MR) is 92.4 cm³/mol. The molecule has 2 aliphatic rings. The zero-order valence-electron chi connectivity index (χ0n) is 14.0. The number of hydrogen-bond acceptors (Lipinski definition) is 3. The van der Waals surface area contributed by atoms with Crippen LogP contribution in [0.3, 0.4) is 0 Å². The molecule has 1 aliphatic carbocycles. The van der Waals surface area contributed by atoms with Gasteiger partial charge in [-0.1, -0.05) is 18.2 Å². The number of likely N-dealkylation sites (tertiary alicyclic amines) is 1. The molecule has 25 heavy (non-hydrogen) atoms. The summed E-state index contributed by atoms with van der Waals surface area (Å²) in [5.41, 5.74) is 0.820. The van der Waals surface area contributed by atoms with Gasteiger partial charge in [-0.3, -0.25) is 14.4 Å². The van der Waals surface area contributed by atoms with E-state index in [0.717, 1.165) is 18.2 Å². The van der Waals surface area contributed by atoms with Crippen molar-refractivity contribution in [2.75, 3.05) is 13.1 Å². The van der Waals surface area contributed by atoms with Gasteiger partial charge in [-0.25, -0.2) is 0 Å². The highest BCUT2D eigenvalue weighted by Gasteiger charge is 2.47. The Labute approximate surface area is 144 Å². The van der Waals surface area contributed by atoms with Crippen molar-refractivity contribution in [2.24, 2.45) is 24.8 Å². The van der Waals surface area contributed by atoms with Crippen molar-refractivity contribution in [1.82, 2.24) is 9.47 Å². The van der Waals surface area contributed by atoms with Gasteiger partial charge in [-0.2, -0.15) is 0 Å². The summed E-state index contributed by atoms with van der Waals surface area (Å²) in [6.07, 6.45) is 2.09. The summed E-state index contributed by atoms with van der Waals surface area (Å²) in [5, 5.41) is 10.2. The number of nitrogens with zero attached hydrogens (tertiary/aromatic N) is 2. The minimum atomic E-state index is -0.832. The minimum Gasteiger partial charge on any atom is -0.481 e. The van der Waals surface area contributed by atoms with Crippen LogP contribution in [0.15, 0.2) is 35.1 Å². The number of benzene rings is 1. The first-order chi connectivity index (χ1) is 12.0. The van der Waals surface area contributed by atoms with E-state index in [1.54, 1.807) is 11.9 Å². The van der Waals surface area contributed by atoms with Gasteiger partial charge in [-0.15, -0.1) is 0 Å². The van der Waals surface area contributed by atoms with Gasteiger partial charge in [0, 0.05) is 31.6 Å². The smallest absolute Gasteiger partial charge is 0.308 e. The topological polar surface area (TPSA) is 79.6 Å². The van der Waals surface area contributed by atoms with Crippen LogP contribution in [0.25, 0.3) is 10.9 Å². The number of aryl methyl sites for hydroxylation is 1. The molecule has 0 spiro atoms. The summed E-state index contributed by atoms with van der Waals surface area (Å²) in [4.78, 5) is 38.5. The van der Waals surface area contributed by atoms with Crippen molar-refractivity contribution in [1.29, 1.82) is 0 Å². The summed E-state index contributed by atoms with van der Waals surface area (Å²) in [6, 6.07) is 8.66. The Balaban J connectivity index is 1.72.